The molecule has 4 atom stereocenters. The maximum atomic E-state index is 13.4. The van der Waals surface area contributed by atoms with Gasteiger partial charge in [-0.05, 0) is 23.8 Å². The molecule has 4 N–H and O–H groups in total. The Bertz CT molecular complexity index is 1120. The van der Waals surface area contributed by atoms with Gasteiger partial charge in [0.1, 0.15) is 11.3 Å². The third kappa shape index (κ3) is 3.45. The normalized spacial score (nSPS) is 26.9. The lowest BCUT2D eigenvalue weighted by molar-refractivity contribution is -0.156. The first-order valence-electron chi connectivity index (χ1n) is 9.76. The van der Waals surface area contributed by atoms with Crippen molar-refractivity contribution in [3.8, 4) is 5.75 Å². The smallest absolute Gasteiger partial charge is 0.325 e. The Morgan fingerprint density at radius 1 is 1.06 bits per heavy atom. The number of hydrogen-bond donors (Lipinski definition) is 4. The van der Waals surface area contributed by atoms with E-state index in [-0.39, 0.29) is 17.9 Å². The van der Waals surface area contributed by atoms with Crippen LogP contribution < -0.4 is 5.32 Å². The lowest BCUT2D eigenvalue weighted by atomic mass is 9.77. The molecule has 2 aromatic rings. The Kier molecular flexibility index (Phi) is 5.51. The van der Waals surface area contributed by atoms with E-state index in [9.17, 15) is 34.5 Å². The van der Waals surface area contributed by atoms with E-state index >= 15 is 0 Å². The number of nitrogens with one attached hydrogen (secondary N) is 1. The number of carboxylic acids is 2. The van der Waals surface area contributed by atoms with Crippen molar-refractivity contribution in [3.05, 3.63) is 64.1 Å². The monoisotopic (exact) mass is 502 g/mol. The molecular formula is C22H19BrN2O7. The maximum Gasteiger partial charge on any atom is 0.325 e. The largest absolute Gasteiger partial charge is 0.508 e. The quantitative estimate of drug-likeness (QED) is 0.438. The standard InChI is InChI=1S/C22H19BrN2O7/c23-12-6-7-14(26)13(8-12)18-16-17(22(24-18,21(31)32)9-15(27)28)20(30)25(19(16)29)10-11-4-2-1-3-5-11/h1-8,16-18,24,26H,9-10H2,(H,27,28)(H,31,32). The molecule has 10 heteroatoms. The Labute approximate surface area is 190 Å². The lowest BCUT2D eigenvalue weighted by Gasteiger charge is -2.30. The molecule has 2 aliphatic heterocycles. The fraction of sp³-hybridized carbons (Fsp3) is 0.273. The summed E-state index contributed by atoms with van der Waals surface area (Å²) in [6, 6.07) is 12.1. The Morgan fingerprint density at radius 3 is 2.38 bits per heavy atom. The van der Waals surface area contributed by atoms with Crippen molar-refractivity contribution in [2.45, 2.75) is 24.5 Å². The number of imide groups is 1. The number of halogens is 1. The van der Waals surface area contributed by atoms with Gasteiger partial charge < -0.3 is 15.3 Å². The van der Waals surface area contributed by atoms with Crippen LogP contribution in [0.3, 0.4) is 0 Å². The third-order valence-electron chi connectivity index (χ3n) is 6.07. The second-order valence-corrected chi connectivity index (χ2v) is 8.84. The lowest BCUT2D eigenvalue weighted by Crippen LogP contribution is -2.56. The third-order valence-corrected chi connectivity index (χ3v) is 6.56. The number of likely N-dealkylation sites (tertiary alicyclic amines) is 1. The molecule has 0 saturated carbocycles. The van der Waals surface area contributed by atoms with Crippen LogP contribution >= 0.6 is 15.9 Å². The highest BCUT2D eigenvalue weighted by atomic mass is 79.9. The van der Waals surface area contributed by atoms with Gasteiger partial charge in [-0.25, -0.2) is 0 Å². The fourth-order valence-corrected chi connectivity index (χ4v) is 5.08. The summed E-state index contributed by atoms with van der Waals surface area (Å²) in [5, 5.41) is 32.7. The van der Waals surface area contributed by atoms with Crippen molar-refractivity contribution < 1.29 is 34.5 Å². The summed E-state index contributed by atoms with van der Waals surface area (Å²) in [5.41, 5.74) is -1.34. The number of phenolic OH excluding ortho intramolecular Hbond substituents is 1. The van der Waals surface area contributed by atoms with E-state index in [2.05, 4.69) is 21.2 Å². The van der Waals surface area contributed by atoms with Crippen molar-refractivity contribution in [2.24, 2.45) is 11.8 Å². The summed E-state index contributed by atoms with van der Waals surface area (Å²) in [7, 11) is 0. The van der Waals surface area contributed by atoms with Gasteiger partial charge >= 0.3 is 11.9 Å². The average Bonchev–Trinajstić information content (AvgIpc) is 3.20. The molecule has 4 unspecified atom stereocenters. The van der Waals surface area contributed by atoms with E-state index in [1.54, 1.807) is 36.4 Å². The molecular weight excluding hydrogens is 484 g/mol. The Hall–Kier alpha value is -3.24. The van der Waals surface area contributed by atoms with Gasteiger partial charge in [0.05, 0.1) is 24.8 Å². The zero-order chi connectivity index (χ0) is 23.2. The Balaban J connectivity index is 1.84. The van der Waals surface area contributed by atoms with E-state index in [0.717, 1.165) is 4.90 Å². The van der Waals surface area contributed by atoms with Crippen LogP contribution in [0.2, 0.25) is 0 Å². The highest BCUT2D eigenvalue weighted by Gasteiger charge is 2.69. The number of benzene rings is 2. The summed E-state index contributed by atoms with van der Waals surface area (Å²) < 4.78 is 0.563. The van der Waals surface area contributed by atoms with Crippen LogP contribution in [0.4, 0.5) is 0 Å². The van der Waals surface area contributed by atoms with Gasteiger partial charge in [0, 0.05) is 16.1 Å². The van der Waals surface area contributed by atoms with Crippen LogP contribution in [0.5, 0.6) is 5.75 Å². The number of aliphatic carboxylic acids is 2. The van der Waals surface area contributed by atoms with Gasteiger partial charge in [-0.1, -0.05) is 46.3 Å². The average molecular weight is 503 g/mol. The first kappa shape index (κ1) is 22.0. The van der Waals surface area contributed by atoms with Crippen molar-refractivity contribution in [2.75, 3.05) is 0 Å². The molecule has 4 rings (SSSR count). The van der Waals surface area contributed by atoms with Gasteiger partial charge in [0.15, 0.2) is 0 Å². The van der Waals surface area contributed by atoms with Crippen molar-refractivity contribution in [1.82, 2.24) is 10.2 Å². The molecule has 0 radical (unpaired) electrons. The summed E-state index contributed by atoms with van der Waals surface area (Å²) in [6.07, 6.45) is -0.910. The zero-order valence-corrected chi connectivity index (χ0v) is 18.2. The molecule has 166 valence electrons. The molecule has 2 saturated heterocycles. The van der Waals surface area contributed by atoms with E-state index in [0.29, 0.717) is 10.0 Å². The first-order chi connectivity index (χ1) is 15.2. The number of nitrogens with zero attached hydrogens (tertiary/aromatic N) is 1. The fourth-order valence-electron chi connectivity index (χ4n) is 4.70. The van der Waals surface area contributed by atoms with Crippen LogP contribution in [0.25, 0.3) is 0 Å². The van der Waals surface area contributed by atoms with Crippen molar-refractivity contribution >= 4 is 39.7 Å². The summed E-state index contributed by atoms with van der Waals surface area (Å²) in [4.78, 5) is 51.7. The molecule has 9 nitrogen and oxygen atoms in total. The van der Waals surface area contributed by atoms with Gasteiger partial charge in [-0.3, -0.25) is 29.4 Å². The number of aromatic hydroxyl groups is 1. The second kappa shape index (κ2) is 8.03. The molecule has 2 aliphatic rings. The summed E-state index contributed by atoms with van der Waals surface area (Å²) >= 11 is 3.29. The van der Waals surface area contributed by atoms with E-state index < -0.39 is 53.6 Å². The molecule has 2 amide bonds. The highest BCUT2D eigenvalue weighted by Crippen LogP contribution is 2.52. The molecule has 2 heterocycles. The minimum Gasteiger partial charge on any atom is -0.508 e. The summed E-state index contributed by atoms with van der Waals surface area (Å²) in [6.45, 7) is -0.0640. The van der Waals surface area contributed by atoms with Crippen LogP contribution in [-0.2, 0) is 25.7 Å². The number of carboxylic acid groups (broad SMARTS) is 2. The zero-order valence-electron chi connectivity index (χ0n) is 16.6. The molecule has 0 spiro atoms. The van der Waals surface area contributed by atoms with Gasteiger partial charge in [0.2, 0.25) is 11.8 Å². The predicted octanol–water partition coefficient (Wildman–Crippen LogP) is 1.90. The number of phenols is 1. The molecule has 2 fully saturated rings. The van der Waals surface area contributed by atoms with Crippen LogP contribution in [-0.4, -0.2) is 49.5 Å². The van der Waals surface area contributed by atoms with Crippen LogP contribution in [0, 0.1) is 11.8 Å². The van der Waals surface area contributed by atoms with Gasteiger partial charge in [-0.15, -0.1) is 0 Å². The van der Waals surface area contributed by atoms with Crippen LogP contribution in [0.15, 0.2) is 53.0 Å². The highest BCUT2D eigenvalue weighted by molar-refractivity contribution is 9.10. The minimum atomic E-state index is -2.21. The van der Waals surface area contributed by atoms with E-state index in [1.807, 2.05) is 0 Å². The number of rotatable bonds is 6. The molecule has 32 heavy (non-hydrogen) atoms. The minimum absolute atomic E-state index is 0.0640. The van der Waals surface area contributed by atoms with E-state index in [1.165, 1.54) is 12.1 Å². The van der Waals surface area contributed by atoms with Crippen molar-refractivity contribution in [1.29, 1.82) is 0 Å². The van der Waals surface area contributed by atoms with Crippen LogP contribution in [0.1, 0.15) is 23.6 Å². The number of carbonyl (C=O) groups is 4. The second-order valence-electron chi connectivity index (χ2n) is 7.92. The van der Waals surface area contributed by atoms with Gasteiger partial charge in [0.25, 0.3) is 0 Å². The Morgan fingerprint density at radius 2 is 1.75 bits per heavy atom. The van der Waals surface area contributed by atoms with Gasteiger partial charge in [-0.2, -0.15) is 0 Å². The topological polar surface area (TPSA) is 144 Å². The molecule has 2 aromatic carbocycles. The molecule has 0 aromatic heterocycles. The predicted molar refractivity (Wildman–Crippen MR) is 113 cm³/mol. The maximum absolute atomic E-state index is 13.4. The molecule has 0 aliphatic carbocycles. The van der Waals surface area contributed by atoms with E-state index in [4.69, 9.17) is 0 Å². The number of fused-ring (bicyclic) bond motifs is 1. The number of hydrogen-bond acceptors (Lipinski definition) is 6. The first-order valence-corrected chi connectivity index (χ1v) is 10.6. The SMILES string of the molecule is O=C(O)CC1(C(=O)O)NC(c2cc(Br)ccc2O)C2C(=O)N(Cc3ccccc3)C(=O)C21. The number of amides is 2. The number of carbonyl (C=O) groups excluding carboxylic acids is 2. The van der Waals surface area contributed by atoms with Crippen molar-refractivity contribution in [3.63, 3.8) is 0 Å². The summed E-state index contributed by atoms with van der Waals surface area (Å²) in [5.74, 6) is -7.19. The molecule has 0 bridgehead atoms.